The second-order valence-electron chi connectivity index (χ2n) is 5.33. The van der Waals surface area contributed by atoms with E-state index < -0.39 is 0 Å². The Kier molecular flexibility index (Phi) is 5.35. The second kappa shape index (κ2) is 7.24. The average Bonchev–Trinajstić information content (AvgIpc) is 2.99. The number of nitrogens with one attached hydrogen (secondary N) is 1. The summed E-state index contributed by atoms with van der Waals surface area (Å²) in [6, 6.07) is 3.78. The van der Waals surface area contributed by atoms with E-state index >= 15 is 0 Å². The molecule has 1 amide bonds. The molecule has 0 spiro atoms. The Hall–Kier alpha value is -1.62. The third-order valence-electron chi connectivity index (χ3n) is 3.85. The van der Waals surface area contributed by atoms with E-state index in [9.17, 15) is 4.79 Å². The van der Waals surface area contributed by atoms with Crippen molar-refractivity contribution in [1.29, 1.82) is 0 Å². The molecular weight excluding hydrogens is 252 g/mol. The van der Waals surface area contributed by atoms with Crippen molar-refractivity contribution in [3.8, 4) is 0 Å². The Balaban J connectivity index is 2.03. The van der Waals surface area contributed by atoms with Gasteiger partial charge in [0.05, 0.1) is 5.69 Å². The molecule has 110 valence electrons. The normalized spacial score (nSPS) is 16.2. The molecule has 1 atom stereocenters. The van der Waals surface area contributed by atoms with Crippen molar-refractivity contribution in [2.24, 2.45) is 11.7 Å². The minimum atomic E-state index is 0.0238. The molecule has 0 radical (unpaired) electrons. The van der Waals surface area contributed by atoms with Crippen LogP contribution in [0.3, 0.4) is 0 Å². The molecule has 0 bridgehead atoms. The van der Waals surface area contributed by atoms with Gasteiger partial charge in [0.2, 0.25) is 5.91 Å². The van der Waals surface area contributed by atoms with Crippen LogP contribution in [0.2, 0.25) is 0 Å². The largest absolute Gasteiger partial charge is 0.355 e. The van der Waals surface area contributed by atoms with E-state index in [4.69, 9.17) is 5.73 Å². The lowest BCUT2D eigenvalue weighted by molar-refractivity contribution is -0.117. The predicted octanol–water partition coefficient (Wildman–Crippen LogP) is 2.00. The summed E-state index contributed by atoms with van der Waals surface area (Å²) >= 11 is 0. The molecule has 2 heterocycles. The highest BCUT2D eigenvalue weighted by Gasteiger charge is 2.18. The molecule has 1 aliphatic rings. The van der Waals surface area contributed by atoms with Crippen LogP contribution in [0.15, 0.2) is 18.3 Å². The number of anilines is 2. The maximum Gasteiger partial charge on any atom is 0.224 e. The molecule has 1 aromatic rings. The lowest BCUT2D eigenvalue weighted by Crippen LogP contribution is -2.24. The molecule has 2 rings (SSSR count). The van der Waals surface area contributed by atoms with Crippen LogP contribution in [-0.2, 0) is 4.79 Å². The van der Waals surface area contributed by atoms with Gasteiger partial charge >= 0.3 is 0 Å². The Morgan fingerprint density at radius 2 is 2.25 bits per heavy atom. The molecule has 3 N–H and O–H groups in total. The summed E-state index contributed by atoms with van der Waals surface area (Å²) in [6.07, 6.45) is 5.55. The molecule has 1 aromatic heterocycles. The average molecular weight is 276 g/mol. The van der Waals surface area contributed by atoms with Crippen LogP contribution in [0.4, 0.5) is 11.5 Å². The third-order valence-corrected chi connectivity index (χ3v) is 3.85. The first-order valence-corrected chi connectivity index (χ1v) is 7.44. The predicted molar refractivity (Wildman–Crippen MR) is 81.8 cm³/mol. The van der Waals surface area contributed by atoms with E-state index in [1.165, 1.54) is 12.8 Å². The molecule has 1 unspecified atom stereocenters. The smallest absolute Gasteiger partial charge is 0.224 e. The van der Waals surface area contributed by atoms with Crippen molar-refractivity contribution < 1.29 is 4.79 Å². The molecule has 0 saturated carbocycles. The van der Waals surface area contributed by atoms with Gasteiger partial charge in [0.25, 0.3) is 0 Å². The fourth-order valence-electron chi connectivity index (χ4n) is 2.53. The van der Waals surface area contributed by atoms with Crippen molar-refractivity contribution in [2.75, 3.05) is 29.9 Å². The molecule has 1 saturated heterocycles. The van der Waals surface area contributed by atoms with Gasteiger partial charge in [-0.2, -0.15) is 0 Å². The van der Waals surface area contributed by atoms with Gasteiger partial charge in [-0.05, 0) is 37.4 Å². The van der Waals surface area contributed by atoms with Crippen LogP contribution in [0.1, 0.15) is 32.6 Å². The van der Waals surface area contributed by atoms with E-state index in [-0.39, 0.29) is 11.8 Å². The summed E-state index contributed by atoms with van der Waals surface area (Å²) in [4.78, 5) is 18.7. The number of nitrogens with zero attached hydrogens (tertiary/aromatic N) is 2. The highest BCUT2D eigenvalue weighted by molar-refractivity contribution is 5.93. The van der Waals surface area contributed by atoms with E-state index in [0.29, 0.717) is 13.0 Å². The first-order chi connectivity index (χ1) is 9.74. The van der Waals surface area contributed by atoms with E-state index in [1.807, 2.05) is 12.1 Å². The van der Waals surface area contributed by atoms with Crippen LogP contribution in [-0.4, -0.2) is 30.5 Å². The number of amides is 1. The fourth-order valence-corrected chi connectivity index (χ4v) is 2.53. The van der Waals surface area contributed by atoms with Gasteiger partial charge in [0.15, 0.2) is 5.82 Å². The second-order valence-corrected chi connectivity index (χ2v) is 5.33. The Bertz CT molecular complexity index is 439. The van der Waals surface area contributed by atoms with Crippen LogP contribution in [0, 0.1) is 5.92 Å². The quantitative estimate of drug-likeness (QED) is 0.833. The number of hydrogen-bond donors (Lipinski definition) is 2. The number of carbonyl (C=O) groups excluding carboxylic acids is 1. The molecule has 5 nitrogen and oxygen atoms in total. The standard InChI is InChI=1S/C15H24N4O/c1-2-12(11-16)10-14(20)18-13-6-5-7-17-15(13)19-8-3-4-9-19/h5-7,12H,2-4,8-11,16H2,1H3,(H,18,20). The minimum absolute atomic E-state index is 0.0238. The van der Waals surface area contributed by atoms with Crippen molar-refractivity contribution in [3.05, 3.63) is 18.3 Å². The molecule has 1 fully saturated rings. The number of rotatable bonds is 6. The number of carbonyl (C=O) groups is 1. The number of pyridine rings is 1. The first-order valence-electron chi connectivity index (χ1n) is 7.44. The summed E-state index contributed by atoms with van der Waals surface area (Å²) in [5.41, 5.74) is 6.47. The van der Waals surface area contributed by atoms with Crippen molar-refractivity contribution in [3.63, 3.8) is 0 Å². The molecule has 0 aromatic carbocycles. The molecular formula is C15H24N4O. The SMILES string of the molecule is CCC(CN)CC(=O)Nc1cccnc1N1CCCC1. The van der Waals surface area contributed by atoms with Crippen LogP contribution in [0.5, 0.6) is 0 Å². The van der Waals surface area contributed by atoms with Crippen molar-refractivity contribution in [2.45, 2.75) is 32.6 Å². The Morgan fingerprint density at radius 3 is 2.90 bits per heavy atom. The summed E-state index contributed by atoms with van der Waals surface area (Å²) in [5, 5.41) is 2.99. The fraction of sp³-hybridized carbons (Fsp3) is 0.600. The number of aromatic nitrogens is 1. The zero-order valence-corrected chi connectivity index (χ0v) is 12.1. The first kappa shape index (κ1) is 14.8. The topological polar surface area (TPSA) is 71.2 Å². The van der Waals surface area contributed by atoms with Crippen LogP contribution in [0.25, 0.3) is 0 Å². The molecule has 20 heavy (non-hydrogen) atoms. The van der Waals surface area contributed by atoms with Gasteiger partial charge in [-0.25, -0.2) is 4.98 Å². The van der Waals surface area contributed by atoms with Crippen molar-refractivity contribution >= 4 is 17.4 Å². The van der Waals surface area contributed by atoms with Crippen LogP contribution >= 0.6 is 0 Å². The summed E-state index contributed by atoms with van der Waals surface area (Å²) in [5.74, 6) is 1.16. The highest BCUT2D eigenvalue weighted by atomic mass is 16.1. The zero-order valence-electron chi connectivity index (χ0n) is 12.1. The van der Waals surface area contributed by atoms with Gasteiger partial charge in [0, 0.05) is 25.7 Å². The summed E-state index contributed by atoms with van der Waals surface area (Å²) in [6.45, 7) is 4.64. The summed E-state index contributed by atoms with van der Waals surface area (Å²) < 4.78 is 0. The maximum absolute atomic E-state index is 12.1. The molecule has 0 aliphatic carbocycles. The van der Waals surface area contributed by atoms with Gasteiger partial charge in [-0.15, -0.1) is 0 Å². The van der Waals surface area contributed by atoms with Gasteiger partial charge in [-0.1, -0.05) is 13.3 Å². The Labute approximate surface area is 120 Å². The maximum atomic E-state index is 12.1. The zero-order chi connectivity index (χ0) is 14.4. The van der Waals surface area contributed by atoms with Gasteiger partial charge in [-0.3, -0.25) is 4.79 Å². The lowest BCUT2D eigenvalue weighted by Gasteiger charge is -2.20. The van der Waals surface area contributed by atoms with Crippen LogP contribution < -0.4 is 16.0 Å². The van der Waals surface area contributed by atoms with E-state index in [0.717, 1.165) is 31.0 Å². The monoisotopic (exact) mass is 276 g/mol. The van der Waals surface area contributed by atoms with Gasteiger partial charge in [0.1, 0.15) is 0 Å². The minimum Gasteiger partial charge on any atom is -0.355 e. The van der Waals surface area contributed by atoms with Crippen molar-refractivity contribution in [1.82, 2.24) is 4.98 Å². The number of hydrogen-bond acceptors (Lipinski definition) is 4. The van der Waals surface area contributed by atoms with E-state index in [2.05, 4.69) is 22.1 Å². The highest BCUT2D eigenvalue weighted by Crippen LogP contribution is 2.26. The van der Waals surface area contributed by atoms with E-state index in [1.54, 1.807) is 6.20 Å². The number of nitrogens with two attached hydrogens (primary N) is 1. The Morgan fingerprint density at radius 1 is 1.50 bits per heavy atom. The summed E-state index contributed by atoms with van der Waals surface area (Å²) in [7, 11) is 0. The van der Waals surface area contributed by atoms with Gasteiger partial charge < -0.3 is 16.0 Å². The third kappa shape index (κ3) is 3.70. The lowest BCUT2D eigenvalue weighted by atomic mass is 10.0. The molecule has 5 heteroatoms. The molecule has 1 aliphatic heterocycles.